The molecule has 0 aliphatic carbocycles. The number of hydrogen-bond donors (Lipinski definition) is 1. The Balaban J connectivity index is 1.47. The van der Waals surface area contributed by atoms with Gasteiger partial charge in [0.05, 0.1) is 5.70 Å². The number of rotatable bonds is 4. The number of nitrogens with zero attached hydrogens (tertiary/aromatic N) is 6. The number of nitrogens with one attached hydrogen (secondary N) is 1. The Hall–Kier alpha value is -4.61. The first-order valence-electron chi connectivity index (χ1n) is 16.0. The summed E-state index contributed by atoms with van der Waals surface area (Å²) in [7, 11) is -4.73. The Morgan fingerprint density at radius 2 is 1.35 bits per heavy atom. The van der Waals surface area contributed by atoms with Crippen LogP contribution < -0.4 is 0 Å². The standard InChI is InChI=1S/C37H30IN7O2Si2/c1-46-49(47-48(2,3)4)44-31(23-14-6-11-19-28(23)36(44)43-35-27-18-10-7-15-24(27)32(38)41-35)21-30-22-13-5-9-17-26(22)34(40-30)42-37-29-20-12-8-16-25(29)33(39)45(37)49/h5-21,39H,1-4H3/b30-21-,39-33?,42-37-,43-35-. The van der Waals surface area contributed by atoms with Crippen molar-refractivity contribution in [1.82, 2.24) is 8.80 Å². The number of aromatic nitrogens is 1. The van der Waals surface area contributed by atoms with Crippen LogP contribution in [0.15, 0.2) is 117 Å². The highest BCUT2D eigenvalue weighted by Crippen LogP contribution is 2.44. The lowest BCUT2D eigenvalue weighted by Gasteiger charge is -2.42. The Bertz CT molecular complexity index is 2460. The Morgan fingerprint density at radius 1 is 0.735 bits per heavy atom. The van der Waals surface area contributed by atoms with E-state index in [0.717, 1.165) is 59.3 Å². The fourth-order valence-electron chi connectivity index (χ4n) is 7.04. The van der Waals surface area contributed by atoms with Crippen LogP contribution in [0.1, 0.15) is 39.1 Å². The molecule has 0 amide bonds. The summed E-state index contributed by atoms with van der Waals surface area (Å²) in [6.45, 7) is 6.46. The second-order valence-corrected chi connectivity index (χ2v) is 21.6. The van der Waals surface area contributed by atoms with Crippen molar-refractivity contribution >= 4 is 95.2 Å². The van der Waals surface area contributed by atoms with Crippen LogP contribution in [0, 0.1) is 5.41 Å². The zero-order chi connectivity index (χ0) is 33.7. The molecule has 0 saturated heterocycles. The van der Waals surface area contributed by atoms with Crippen molar-refractivity contribution in [3.63, 3.8) is 0 Å². The van der Waals surface area contributed by atoms with Crippen molar-refractivity contribution in [2.75, 3.05) is 7.11 Å². The van der Waals surface area contributed by atoms with E-state index in [1.165, 1.54) is 0 Å². The molecular formula is C37H30IN7O2Si2. The van der Waals surface area contributed by atoms with Gasteiger partial charge in [0.1, 0.15) is 21.2 Å². The molecule has 5 heterocycles. The van der Waals surface area contributed by atoms with Crippen LogP contribution >= 0.6 is 22.6 Å². The SMILES string of the molecule is CO[Si]1(O[Si](C)(C)C)N2C(=N)c3ccccc3/C2=N/C2=NC(=C\c3c4ccccc4c(/N=C4\N=C(I)c5ccccc54)n31)/c1ccccc12. The van der Waals surface area contributed by atoms with Gasteiger partial charge in [-0.3, -0.25) is 14.2 Å². The van der Waals surface area contributed by atoms with Crippen LogP contribution in [-0.2, 0) is 8.54 Å². The maximum atomic E-state index is 9.80. The van der Waals surface area contributed by atoms with Crippen LogP contribution in [-0.4, -0.2) is 60.2 Å². The zero-order valence-electron chi connectivity index (χ0n) is 27.2. The molecule has 1 unspecified atom stereocenters. The summed E-state index contributed by atoms with van der Waals surface area (Å²) >= 11 is 2.28. The molecule has 0 fully saturated rings. The van der Waals surface area contributed by atoms with Crippen LogP contribution in [0.5, 0.6) is 0 Å². The molecule has 4 aliphatic rings. The van der Waals surface area contributed by atoms with Gasteiger partial charge < -0.3 is 8.54 Å². The molecular weight excluding hydrogens is 758 g/mol. The maximum Gasteiger partial charge on any atom is 0.591 e. The van der Waals surface area contributed by atoms with E-state index >= 15 is 0 Å². The largest absolute Gasteiger partial charge is 0.591 e. The second kappa shape index (κ2) is 10.9. The third-order valence-electron chi connectivity index (χ3n) is 8.99. The molecule has 1 aromatic heterocycles. The molecule has 4 aliphatic heterocycles. The number of benzene rings is 4. The highest BCUT2D eigenvalue weighted by Gasteiger charge is 2.59. The second-order valence-electron chi connectivity index (χ2n) is 13.1. The summed E-state index contributed by atoms with van der Waals surface area (Å²) in [5.74, 6) is 2.69. The Labute approximate surface area is 299 Å². The number of fused-ring (bicyclic) bond motifs is 11. The third-order valence-corrected chi connectivity index (χ3v) is 15.9. The van der Waals surface area contributed by atoms with E-state index in [-0.39, 0.29) is 5.84 Å². The van der Waals surface area contributed by atoms with E-state index in [0.29, 0.717) is 23.3 Å². The van der Waals surface area contributed by atoms with Gasteiger partial charge >= 0.3 is 8.88 Å². The van der Waals surface area contributed by atoms with Gasteiger partial charge in [-0.25, -0.2) is 20.0 Å². The molecule has 4 aromatic carbocycles. The quantitative estimate of drug-likeness (QED) is 0.147. The average Bonchev–Trinajstić information content (AvgIpc) is 3.80. The van der Waals surface area contributed by atoms with Gasteiger partial charge in [-0.15, -0.1) is 0 Å². The molecule has 1 N–H and O–H groups in total. The summed E-state index contributed by atoms with van der Waals surface area (Å²) in [6.07, 6.45) is 2.11. The van der Waals surface area contributed by atoms with E-state index < -0.39 is 17.2 Å². The van der Waals surface area contributed by atoms with Crippen molar-refractivity contribution in [2.45, 2.75) is 19.6 Å². The molecule has 5 aromatic rings. The topological polar surface area (TPSA) is 99.9 Å². The van der Waals surface area contributed by atoms with Gasteiger partial charge in [-0.2, -0.15) is 0 Å². The van der Waals surface area contributed by atoms with E-state index in [4.69, 9.17) is 28.5 Å². The van der Waals surface area contributed by atoms with Gasteiger partial charge in [0.25, 0.3) is 0 Å². The normalized spacial score (nSPS) is 22.0. The van der Waals surface area contributed by atoms with Crippen LogP contribution in [0.2, 0.25) is 19.6 Å². The van der Waals surface area contributed by atoms with E-state index in [1.54, 1.807) is 7.11 Å². The van der Waals surface area contributed by atoms with Crippen LogP contribution in [0.25, 0.3) is 22.5 Å². The van der Waals surface area contributed by atoms with E-state index in [2.05, 4.69) is 88.9 Å². The van der Waals surface area contributed by atoms with Gasteiger partial charge in [0, 0.05) is 57.0 Å². The smallest absolute Gasteiger partial charge is 0.404 e. The monoisotopic (exact) mass is 787 g/mol. The van der Waals surface area contributed by atoms with Crippen molar-refractivity contribution in [1.29, 1.82) is 5.41 Å². The minimum Gasteiger partial charge on any atom is -0.404 e. The van der Waals surface area contributed by atoms with E-state index in [1.807, 2.05) is 65.2 Å². The highest BCUT2D eigenvalue weighted by molar-refractivity contribution is 14.1. The van der Waals surface area contributed by atoms with E-state index in [9.17, 15) is 5.41 Å². The Morgan fingerprint density at radius 3 is 2.06 bits per heavy atom. The molecule has 2 bridgehead atoms. The summed E-state index contributed by atoms with van der Waals surface area (Å²) in [5, 5.41) is 11.7. The molecule has 0 radical (unpaired) electrons. The first kappa shape index (κ1) is 30.5. The molecule has 9 nitrogen and oxygen atoms in total. The van der Waals surface area contributed by atoms with Gasteiger partial charge in [-0.05, 0) is 48.3 Å². The van der Waals surface area contributed by atoms with Gasteiger partial charge in [0.2, 0.25) is 0 Å². The highest BCUT2D eigenvalue weighted by atomic mass is 127. The Kier molecular flexibility index (Phi) is 6.81. The first-order chi connectivity index (χ1) is 23.7. The van der Waals surface area contributed by atoms with Crippen LogP contribution in [0.3, 0.4) is 0 Å². The minimum atomic E-state index is -3.98. The number of aliphatic imine (C=N–C) groups is 4. The molecule has 1 atom stereocenters. The average molecular weight is 788 g/mol. The molecule has 9 rings (SSSR count). The molecule has 12 heteroatoms. The predicted molar refractivity (Wildman–Crippen MR) is 210 cm³/mol. The van der Waals surface area contributed by atoms with Crippen molar-refractivity contribution in [3.8, 4) is 0 Å². The lowest BCUT2D eigenvalue weighted by Crippen LogP contribution is -2.69. The summed E-state index contributed by atoms with van der Waals surface area (Å²) in [5.41, 5.74) is 7.14. The fraction of sp³-hybridized carbons (Fsp3) is 0.108. The summed E-state index contributed by atoms with van der Waals surface area (Å²) < 4.78 is 19.2. The van der Waals surface area contributed by atoms with Crippen LogP contribution in [0.4, 0.5) is 5.82 Å². The number of halogens is 1. The minimum absolute atomic E-state index is 0.263. The zero-order valence-corrected chi connectivity index (χ0v) is 31.4. The van der Waals surface area contributed by atoms with Crippen molar-refractivity contribution in [3.05, 3.63) is 136 Å². The maximum absolute atomic E-state index is 9.80. The third kappa shape index (κ3) is 4.51. The van der Waals surface area contributed by atoms with Crippen molar-refractivity contribution < 1.29 is 8.54 Å². The number of amidine groups is 4. The van der Waals surface area contributed by atoms with Gasteiger partial charge in [0.15, 0.2) is 20.0 Å². The molecule has 240 valence electrons. The molecule has 0 spiro atoms. The summed E-state index contributed by atoms with van der Waals surface area (Å²) in [6, 6.07) is 32.5. The number of hydrogen-bond acceptors (Lipinski definition) is 6. The molecule has 0 saturated carbocycles. The van der Waals surface area contributed by atoms with Gasteiger partial charge in [-0.1, -0.05) is 97.1 Å². The first-order valence-corrected chi connectivity index (χ1v) is 22.2. The molecule has 49 heavy (non-hydrogen) atoms. The van der Waals surface area contributed by atoms with Crippen molar-refractivity contribution in [2.24, 2.45) is 20.0 Å². The lowest BCUT2D eigenvalue weighted by atomic mass is 10.1. The fourth-order valence-corrected chi connectivity index (χ4v) is 14.3. The lowest BCUT2D eigenvalue weighted by molar-refractivity contribution is 0.250. The summed E-state index contributed by atoms with van der Waals surface area (Å²) in [4.78, 5) is 20.8. The predicted octanol–water partition coefficient (Wildman–Crippen LogP) is 8.06.